The molecule has 0 aliphatic heterocycles. The Morgan fingerprint density at radius 2 is 2.05 bits per heavy atom. The van der Waals surface area contributed by atoms with E-state index in [4.69, 9.17) is 10.5 Å². The summed E-state index contributed by atoms with van der Waals surface area (Å²) in [5.74, 6) is -0.231. The zero-order valence-corrected chi connectivity index (χ0v) is 11.4. The van der Waals surface area contributed by atoms with Gasteiger partial charge in [-0.2, -0.15) is 0 Å². The van der Waals surface area contributed by atoms with Crippen LogP contribution in [0.5, 0.6) is 0 Å². The first kappa shape index (κ1) is 13.0. The van der Waals surface area contributed by atoms with Crippen LogP contribution in [0.2, 0.25) is 0 Å². The minimum absolute atomic E-state index is 0.206. The minimum atomic E-state index is -0.480. The van der Waals surface area contributed by atoms with Gasteiger partial charge in [-0.25, -0.2) is 14.8 Å². The number of carbonyl (C=O) groups excluding carboxylic acids is 1. The Labute approximate surface area is 120 Å². The van der Waals surface area contributed by atoms with Gasteiger partial charge in [-0.05, 0) is 19.1 Å². The first-order valence-electron chi connectivity index (χ1n) is 6.41. The molecule has 0 spiro atoms. The highest BCUT2D eigenvalue weighted by Gasteiger charge is 2.14. The van der Waals surface area contributed by atoms with Crippen LogP contribution in [0, 0.1) is 0 Å². The third-order valence-corrected chi connectivity index (χ3v) is 2.92. The molecule has 0 saturated carbocycles. The van der Waals surface area contributed by atoms with E-state index >= 15 is 0 Å². The molecule has 0 fully saturated rings. The van der Waals surface area contributed by atoms with Crippen molar-refractivity contribution in [3.05, 3.63) is 42.6 Å². The second kappa shape index (κ2) is 5.20. The molecule has 7 nitrogen and oxygen atoms in total. The summed E-state index contributed by atoms with van der Waals surface area (Å²) in [6.07, 6.45) is 6.69. The average Bonchev–Trinajstić information content (AvgIpc) is 2.93. The molecule has 0 unspecified atom stereocenters. The highest BCUT2D eigenvalue weighted by molar-refractivity contribution is 5.88. The number of imidazole rings is 1. The molecule has 0 saturated heterocycles. The van der Waals surface area contributed by atoms with E-state index < -0.39 is 5.97 Å². The Morgan fingerprint density at radius 3 is 2.76 bits per heavy atom. The van der Waals surface area contributed by atoms with Crippen molar-refractivity contribution in [2.75, 3.05) is 12.3 Å². The smallest absolute Gasteiger partial charge is 0.358 e. The monoisotopic (exact) mass is 283 g/mol. The highest BCUT2D eigenvalue weighted by Crippen LogP contribution is 2.20. The van der Waals surface area contributed by atoms with Crippen molar-refractivity contribution in [3.8, 4) is 11.3 Å². The molecule has 0 amide bonds. The van der Waals surface area contributed by atoms with E-state index in [1.54, 1.807) is 36.1 Å². The molecule has 0 aromatic carbocycles. The number of nitrogen functional groups attached to an aromatic ring is 1. The predicted molar refractivity (Wildman–Crippen MR) is 76.6 cm³/mol. The van der Waals surface area contributed by atoms with Crippen LogP contribution >= 0.6 is 0 Å². The van der Waals surface area contributed by atoms with E-state index in [2.05, 4.69) is 15.0 Å². The molecule has 21 heavy (non-hydrogen) atoms. The number of esters is 1. The molecule has 7 heteroatoms. The molecule has 0 aliphatic rings. The fraction of sp³-hybridized carbons (Fsp3) is 0.143. The van der Waals surface area contributed by atoms with E-state index in [1.807, 2.05) is 12.1 Å². The quantitative estimate of drug-likeness (QED) is 0.733. The summed E-state index contributed by atoms with van der Waals surface area (Å²) in [5, 5.41) is 0. The molecule has 3 heterocycles. The number of nitrogens with zero attached hydrogens (tertiary/aromatic N) is 4. The molecule has 3 aromatic heterocycles. The van der Waals surface area contributed by atoms with Crippen LogP contribution in [0.1, 0.15) is 17.4 Å². The zero-order chi connectivity index (χ0) is 14.8. The lowest BCUT2D eigenvalue weighted by Gasteiger charge is -2.03. The maximum absolute atomic E-state index is 11.7. The van der Waals surface area contributed by atoms with Gasteiger partial charge in [-0.15, -0.1) is 0 Å². The summed E-state index contributed by atoms with van der Waals surface area (Å²) in [4.78, 5) is 24.1. The number of nitrogens with two attached hydrogens (primary N) is 1. The summed E-state index contributed by atoms with van der Waals surface area (Å²) >= 11 is 0. The molecule has 3 rings (SSSR count). The average molecular weight is 283 g/mol. The van der Waals surface area contributed by atoms with Gasteiger partial charge >= 0.3 is 5.97 Å². The van der Waals surface area contributed by atoms with Gasteiger partial charge in [0.2, 0.25) is 0 Å². The SMILES string of the molecule is CCOC(=O)c1cn2cc(-c3ccncc3)nc(N)c2n1. The largest absolute Gasteiger partial charge is 0.461 e. The predicted octanol–water partition coefficient (Wildman–Crippen LogP) is 1.55. The zero-order valence-electron chi connectivity index (χ0n) is 11.4. The van der Waals surface area contributed by atoms with Crippen molar-refractivity contribution in [1.29, 1.82) is 0 Å². The summed E-state index contributed by atoms with van der Waals surface area (Å²) < 4.78 is 6.60. The molecule has 0 atom stereocenters. The lowest BCUT2D eigenvalue weighted by atomic mass is 10.2. The lowest BCUT2D eigenvalue weighted by molar-refractivity contribution is 0.0520. The van der Waals surface area contributed by atoms with E-state index in [0.29, 0.717) is 17.9 Å². The Morgan fingerprint density at radius 1 is 1.29 bits per heavy atom. The maximum atomic E-state index is 11.7. The Balaban J connectivity index is 2.10. The number of rotatable bonds is 3. The number of hydrogen-bond donors (Lipinski definition) is 1. The Hall–Kier alpha value is -2.96. The molecule has 3 aromatic rings. The fourth-order valence-electron chi connectivity index (χ4n) is 1.99. The summed E-state index contributed by atoms with van der Waals surface area (Å²) in [6.45, 7) is 2.04. The molecule has 0 aliphatic carbocycles. The maximum Gasteiger partial charge on any atom is 0.358 e. The van der Waals surface area contributed by atoms with Crippen LogP contribution in [-0.4, -0.2) is 31.9 Å². The van der Waals surface area contributed by atoms with Crippen molar-refractivity contribution in [2.24, 2.45) is 0 Å². The summed E-state index contributed by atoms with van der Waals surface area (Å²) in [6, 6.07) is 3.66. The van der Waals surface area contributed by atoms with Crippen LogP contribution < -0.4 is 5.73 Å². The van der Waals surface area contributed by atoms with Gasteiger partial charge in [-0.3, -0.25) is 4.98 Å². The van der Waals surface area contributed by atoms with Crippen LogP contribution in [-0.2, 0) is 4.74 Å². The second-order valence-electron chi connectivity index (χ2n) is 4.32. The standard InChI is InChI=1S/C14H13N5O2/c1-2-21-14(20)11-8-19-7-10(9-3-5-16-6-4-9)17-12(15)13(19)18-11/h3-8H,2H2,1H3,(H2,15,17). The van der Waals surface area contributed by atoms with E-state index in [0.717, 1.165) is 5.56 Å². The first-order valence-corrected chi connectivity index (χ1v) is 6.41. The summed E-state index contributed by atoms with van der Waals surface area (Å²) in [5.41, 5.74) is 8.11. The van der Waals surface area contributed by atoms with Crippen molar-refractivity contribution in [2.45, 2.75) is 6.92 Å². The third-order valence-electron chi connectivity index (χ3n) is 2.92. The van der Waals surface area contributed by atoms with Gasteiger partial charge in [0, 0.05) is 30.4 Å². The molecule has 2 N–H and O–H groups in total. The van der Waals surface area contributed by atoms with Crippen LogP contribution in [0.15, 0.2) is 36.9 Å². The van der Waals surface area contributed by atoms with Gasteiger partial charge in [-0.1, -0.05) is 0 Å². The number of fused-ring (bicyclic) bond motifs is 1. The van der Waals surface area contributed by atoms with Gasteiger partial charge in [0.05, 0.1) is 12.3 Å². The topological polar surface area (TPSA) is 95.4 Å². The van der Waals surface area contributed by atoms with Crippen molar-refractivity contribution in [3.63, 3.8) is 0 Å². The summed E-state index contributed by atoms with van der Waals surface area (Å²) in [7, 11) is 0. The minimum Gasteiger partial charge on any atom is -0.461 e. The van der Waals surface area contributed by atoms with Gasteiger partial charge in [0.15, 0.2) is 17.2 Å². The highest BCUT2D eigenvalue weighted by atomic mass is 16.5. The number of aromatic nitrogens is 4. The number of hydrogen-bond acceptors (Lipinski definition) is 6. The number of anilines is 1. The lowest BCUT2D eigenvalue weighted by Crippen LogP contribution is -2.04. The first-order chi connectivity index (χ1) is 10.2. The van der Waals surface area contributed by atoms with Crippen LogP contribution in [0.25, 0.3) is 16.9 Å². The number of ether oxygens (including phenoxy) is 1. The molecular formula is C14H13N5O2. The Bertz CT molecular complexity index is 798. The molecule has 106 valence electrons. The van der Waals surface area contributed by atoms with E-state index in [-0.39, 0.29) is 11.5 Å². The van der Waals surface area contributed by atoms with Crippen LogP contribution in [0.4, 0.5) is 5.82 Å². The van der Waals surface area contributed by atoms with Gasteiger partial charge in [0.1, 0.15) is 0 Å². The van der Waals surface area contributed by atoms with Crippen molar-refractivity contribution < 1.29 is 9.53 Å². The van der Waals surface area contributed by atoms with Gasteiger partial charge in [0.25, 0.3) is 0 Å². The third kappa shape index (κ3) is 2.40. The fourth-order valence-corrected chi connectivity index (χ4v) is 1.99. The number of pyridine rings is 1. The normalized spacial score (nSPS) is 10.7. The molecular weight excluding hydrogens is 270 g/mol. The Kier molecular flexibility index (Phi) is 3.23. The van der Waals surface area contributed by atoms with E-state index in [9.17, 15) is 4.79 Å². The molecule has 0 bridgehead atoms. The van der Waals surface area contributed by atoms with Crippen LogP contribution in [0.3, 0.4) is 0 Å². The van der Waals surface area contributed by atoms with Gasteiger partial charge < -0.3 is 14.9 Å². The molecule has 0 radical (unpaired) electrons. The number of carbonyl (C=O) groups is 1. The van der Waals surface area contributed by atoms with E-state index in [1.165, 1.54) is 0 Å². The second-order valence-corrected chi connectivity index (χ2v) is 4.32. The van der Waals surface area contributed by atoms with Crippen molar-refractivity contribution >= 4 is 17.4 Å². The van der Waals surface area contributed by atoms with Crippen molar-refractivity contribution in [1.82, 2.24) is 19.4 Å².